The summed E-state index contributed by atoms with van der Waals surface area (Å²) in [6, 6.07) is 8.20. The fourth-order valence-electron chi connectivity index (χ4n) is 3.24. The van der Waals surface area contributed by atoms with E-state index in [9.17, 15) is 0 Å². The van der Waals surface area contributed by atoms with E-state index in [2.05, 4.69) is 26.0 Å². The van der Waals surface area contributed by atoms with Crippen LogP contribution >= 0.6 is 12.4 Å². The van der Waals surface area contributed by atoms with Gasteiger partial charge in [0.2, 0.25) is 5.62 Å². The summed E-state index contributed by atoms with van der Waals surface area (Å²) in [6.07, 6.45) is 10.5. The van der Waals surface area contributed by atoms with E-state index in [0.717, 1.165) is 30.6 Å². The molecule has 2 aromatic rings. The van der Waals surface area contributed by atoms with Gasteiger partial charge < -0.3 is 9.30 Å². The minimum atomic E-state index is 0. The van der Waals surface area contributed by atoms with Gasteiger partial charge in [0, 0.05) is 13.2 Å². The lowest BCUT2D eigenvalue weighted by Crippen LogP contribution is -2.25. The molecule has 0 aliphatic heterocycles. The maximum absolute atomic E-state index is 8.35. The van der Waals surface area contributed by atoms with Crippen LogP contribution in [0.5, 0.6) is 0 Å². The molecule has 2 rings (SSSR count). The third-order valence-electron chi connectivity index (χ3n) is 4.65. The van der Waals surface area contributed by atoms with Crippen LogP contribution in [-0.4, -0.2) is 15.7 Å². The van der Waals surface area contributed by atoms with Crippen LogP contribution in [0.15, 0.2) is 24.3 Å². The molecule has 0 spiro atoms. The Morgan fingerprint density at radius 3 is 2.00 bits per heavy atom. The number of aromatic nitrogens is 2. The topological polar surface area (TPSA) is 42.9 Å². The van der Waals surface area contributed by atoms with Gasteiger partial charge in [0.25, 0.3) is 0 Å². The SMILES string of the molecule is CCCCCCCCCCOCn1c(=N)n(CC)c2ccccc21.Cl. The van der Waals surface area contributed by atoms with Crippen molar-refractivity contribution in [2.24, 2.45) is 0 Å². The molecule has 4 nitrogen and oxygen atoms in total. The number of nitrogens with zero attached hydrogens (tertiary/aromatic N) is 2. The average molecular weight is 368 g/mol. The van der Waals surface area contributed by atoms with E-state index in [1.165, 1.54) is 44.9 Å². The first-order valence-electron chi connectivity index (χ1n) is 9.60. The monoisotopic (exact) mass is 367 g/mol. The van der Waals surface area contributed by atoms with Gasteiger partial charge >= 0.3 is 0 Å². The molecule has 0 atom stereocenters. The molecular weight excluding hydrogens is 334 g/mol. The predicted octanol–water partition coefficient (Wildman–Crippen LogP) is 5.48. The van der Waals surface area contributed by atoms with Gasteiger partial charge in [-0.25, -0.2) is 0 Å². The summed E-state index contributed by atoms with van der Waals surface area (Å²) in [5, 5.41) is 8.35. The Bertz CT molecular complexity index is 662. The van der Waals surface area contributed by atoms with Crippen molar-refractivity contribution in [3.05, 3.63) is 29.9 Å². The maximum Gasteiger partial charge on any atom is 0.204 e. The number of unbranched alkanes of at least 4 members (excludes halogenated alkanes) is 7. The fraction of sp³-hybridized carbons (Fsp3) is 0.650. The highest BCUT2D eigenvalue weighted by Gasteiger charge is 2.08. The van der Waals surface area contributed by atoms with Gasteiger partial charge in [-0.2, -0.15) is 0 Å². The zero-order chi connectivity index (χ0) is 17.2. The lowest BCUT2D eigenvalue weighted by molar-refractivity contribution is 0.0729. The number of imidazole rings is 1. The fourth-order valence-corrected chi connectivity index (χ4v) is 3.24. The Morgan fingerprint density at radius 1 is 0.840 bits per heavy atom. The second kappa shape index (κ2) is 12.2. The van der Waals surface area contributed by atoms with Crippen molar-refractivity contribution < 1.29 is 4.74 Å². The Balaban J connectivity index is 0.00000312. The van der Waals surface area contributed by atoms with Crippen molar-refractivity contribution in [2.75, 3.05) is 6.61 Å². The number of fused-ring (bicyclic) bond motifs is 1. The van der Waals surface area contributed by atoms with E-state index in [4.69, 9.17) is 10.1 Å². The van der Waals surface area contributed by atoms with Crippen LogP contribution in [0.4, 0.5) is 0 Å². The lowest BCUT2D eigenvalue weighted by atomic mass is 10.1. The summed E-state index contributed by atoms with van der Waals surface area (Å²) in [5.74, 6) is 0. The van der Waals surface area contributed by atoms with E-state index in [-0.39, 0.29) is 12.4 Å². The van der Waals surface area contributed by atoms with Gasteiger partial charge in [0.15, 0.2) is 0 Å². The minimum absolute atomic E-state index is 0. The van der Waals surface area contributed by atoms with Gasteiger partial charge in [-0.05, 0) is 25.5 Å². The number of halogens is 1. The summed E-state index contributed by atoms with van der Waals surface area (Å²) in [4.78, 5) is 0. The number of rotatable bonds is 12. The Morgan fingerprint density at radius 2 is 1.40 bits per heavy atom. The Hall–Kier alpha value is -1.26. The van der Waals surface area contributed by atoms with E-state index < -0.39 is 0 Å². The van der Waals surface area contributed by atoms with Gasteiger partial charge in [-0.3, -0.25) is 9.98 Å². The van der Waals surface area contributed by atoms with Crippen LogP contribution in [0, 0.1) is 5.41 Å². The smallest absolute Gasteiger partial charge is 0.204 e. The maximum atomic E-state index is 8.35. The largest absolute Gasteiger partial charge is 0.361 e. The third kappa shape index (κ3) is 6.19. The first-order chi connectivity index (χ1) is 11.8. The van der Waals surface area contributed by atoms with Crippen LogP contribution in [-0.2, 0) is 18.0 Å². The molecule has 1 aromatic heterocycles. The number of benzene rings is 1. The molecule has 142 valence electrons. The second-order valence-electron chi connectivity index (χ2n) is 6.50. The quantitative estimate of drug-likeness (QED) is 0.496. The van der Waals surface area contributed by atoms with Gasteiger partial charge in [-0.1, -0.05) is 64.0 Å². The number of para-hydroxylation sites is 2. The van der Waals surface area contributed by atoms with Crippen LogP contribution < -0.4 is 5.62 Å². The van der Waals surface area contributed by atoms with Crippen molar-refractivity contribution in [2.45, 2.75) is 78.5 Å². The lowest BCUT2D eigenvalue weighted by Gasteiger charge is -2.07. The third-order valence-corrected chi connectivity index (χ3v) is 4.65. The molecule has 1 N–H and O–H groups in total. The predicted molar refractivity (Wildman–Crippen MR) is 107 cm³/mol. The van der Waals surface area contributed by atoms with E-state index >= 15 is 0 Å². The molecule has 0 fully saturated rings. The summed E-state index contributed by atoms with van der Waals surface area (Å²) in [5.41, 5.74) is 2.72. The first-order valence-corrected chi connectivity index (χ1v) is 9.60. The molecule has 5 heteroatoms. The molecule has 0 bridgehead atoms. The van der Waals surface area contributed by atoms with Crippen LogP contribution in [0.1, 0.15) is 65.2 Å². The molecule has 0 radical (unpaired) electrons. The Kier molecular flexibility index (Phi) is 10.6. The molecule has 0 unspecified atom stereocenters. The molecule has 0 amide bonds. The van der Waals surface area contributed by atoms with E-state index in [1.54, 1.807) is 0 Å². The van der Waals surface area contributed by atoms with Crippen LogP contribution in [0.2, 0.25) is 0 Å². The molecule has 0 saturated heterocycles. The second-order valence-corrected chi connectivity index (χ2v) is 6.50. The molecule has 0 aliphatic carbocycles. The number of aryl methyl sites for hydroxylation is 1. The summed E-state index contributed by atoms with van der Waals surface area (Å²) < 4.78 is 9.83. The zero-order valence-corrected chi connectivity index (χ0v) is 16.6. The number of hydrogen-bond donors (Lipinski definition) is 1. The van der Waals surface area contributed by atoms with Crippen molar-refractivity contribution in [1.29, 1.82) is 5.41 Å². The molecule has 25 heavy (non-hydrogen) atoms. The minimum Gasteiger partial charge on any atom is -0.361 e. The van der Waals surface area contributed by atoms with E-state index in [0.29, 0.717) is 12.3 Å². The molecule has 0 aliphatic rings. The molecule has 1 aromatic carbocycles. The number of hydrogen-bond acceptors (Lipinski definition) is 2. The highest BCUT2D eigenvalue weighted by Crippen LogP contribution is 2.13. The van der Waals surface area contributed by atoms with Gasteiger partial charge in [0.1, 0.15) is 6.73 Å². The highest BCUT2D eigenvalue weighted by atomic mass is 35.5. The number of ether oxygens (including phenoxy) is 1. The highest BCUT2D eigenvalue weighted by molar-refractivity contribution is 5.85. The Labute approximate surface area is 158 Å². The summed E-state index contributed by atoms with van der Waals surface area (Å²) in [6.45, 7) is 6.41. The van der Waals surface area contributed by atoms with Crippen molar-refractivity contribution in [1.82, 2.24) is 9.13 Å². The van der Waals surface area contributed by atoms with Crippen molar-refractivity contribution in [3.8, 4) is 0 Å². The zero-order valence-electron chi connectivity index (χ0n) is 15.8. The number of nitrogens with one attached hydrogen (secondary N) is 1. The summed E-state index contributed by atoms with van der Waals surface area (Å²) >= 11 is 0. The average Bonchev–Trinajstić information content (AvgIpc) is 2.88. The van der Waals surface area contributed by atoms with Crippen molar-refractivity contribution >= 4 is 23.4 Å². The summed E-state index contributed by atoms with van der Waals surface area (Å²) in [7, 11) is 0. The van der Waals surface area contributed by atoms with Gasteiger partial charge in [-0.15, -0.1) is 12.4 Å². The molecular formula is C20H34ClN3O. The molecule has 1 heterocycles. The van der Waals surface area contributed by atoms with Crippen LogP contribution in [0.3, 0.4) is 0 Å². The van der Waals surface area contributed by atoms with E-state index in [1.807, 2.05) is 21.3 Å². The standard InChI is InChI=1S/C20H33N3O.ClH/c1-3-5-6-7-8-9-10-13-16-24-17-23-19-15-12-11-14-18(19)22(4-2)20(23)21;/h11-12,14-15,21H,3-10,13,16-17H2,1-2H3;1H. The van der Waals surface area contributed by atoms with Gasteiger partial charge in [0.05, 0.1) is 11.0 Å². The van der Waals surface area contributed by atoms with Crippen LogP contribution in [0.25, 0.3) is 11.0 Å². The first kappa shape index (κ1) is 21.8. The normalized spacial score (nSPS) is 11.0. The molecule has 0 saturated carbocycles. The van der Waals surface area contributed by atoms with Crippen molar-refractivity contribution in [3.63, 3.8) is 0 Å².